The highest BCUT2D eigenvalue weighted by Crippen LogP contribution is 2.17. The van der Waals surface area contributed by atoms with E-state index in [1.807, 2.05) is 0 Å². The van der Waals surface area contributed by atoms with Crippen LogP contribution in [0, 0.1) is 0 Å². The highest BCUT2D eigenvalue weighted by Gasteiger charge is 2.01. The molecule has 0 radical (unpaired) electrons. The number of aliphatic carboxylic acids is 1. The molecule has 4 heteroatoms. The molecule has 43 heavy (non-hydrogen) atoms. The van der Waals surface area contributed by atoms with Crippen molar-refractivity contribution in [1.29, 1.82) is 0 Å². The van der Waals surface area contributed by atoms with Gasteiger partial charge in [0.2, 0.25) is 0 Å². The molecule has 0 fully saturated rings. The third-order valence-electron chi connectivity index (χ3n) is 8.99. The minimum atomic E-state index is -0.653. The average molecular weight is 607 g/mol. The number of carbonyl (C=O) groups excluding carboxylic acids is 1. The third kappa shape index (κ3) is 38.7. The van der Waals surface area contributed by atoms with Crippen LogP contribution in [0.5, 0.6) is 0 Å². The van der Waals surface area contributed by atoms with Gasteiger partial charge in [-0.15, -0.1) is 0 Å². The van der Waals surface area contributed by atoms with Crippen molar-refractivity contribution in [3.05, 3.63) is 12.8 Å². The summed E-state index contributed by atoms with van der Waals surface area (Å²) in [6, 6.07) is 0. The zero-order valence-corrected chi connectivity index (χ0v) is 28.7. The van der Waals surface area contributed by atoms with Gasteiger partial charge in [-0.3, -0.25) is 9.59 Å². The molecule has 0 aromatic carbocycles. The van der Waals surface area contributed by atoms with Gasteiger partial charge in [0.15, 0.2) is 0 Å². The summed E-state index contributed by atoms with van der Waals surface area (Å²) >= 11 is 0. The van der Waals surface area contributed by atoms with E-state index in [1.54, 1.807) is 0 Å². The first-order valence-electron chi connectivity index (χ1n) is 19.2. The van der Waals surface area contributed by atoms with Gasteiger partial charge < -0.3 is 9.84 Å². The Balaban J connectivity index is 3.06. The number of unbranched alkanes of at least 4 members (excludes halogenated alkanes) is 32. The van der Waals surface area contributed by atoms with Crippen LogP contribution in [0.4, 0.5) is 0 Å². The minimum Gasteiger partial charge on any atom is -0.481 e. The van der Waals surface area contributed by atoms with Gasteiger partial charge in [-0.05, 0) is 12.8 Å². The molecule has 0 saturated heterocycles. The highest BCUT2D eigenvalue weighted by molar-refractivity contribution is 5.69. The molecule has 0 bridgehead atoms. The Morgan fingerprint density at radius 3 is 0.744 bits per heavy atom. The van der Waals surface area contributed by atoms with Gasteiger partial charge in [0.05, 0.1) is 6.26 Å². The van der Waals surface area contributed by atoms with Gasteiger partial charge in [0.25, 0.3) is 0 Å². The standard InChI is InChI=1S/C39H74O4/c1-2-43-39(42)37-35-33-31-29-27-25-23-21-19-17-15-13-11-9-7-5-3-4-6-8-10-12-14-16-18-20-22-24-26-28-30-32-34-36-38(40)41/h2H,1,3-37H2,(H,40,41). The van der Waals surface area contributed by atoms with Gasteiger partial charge in [-0.1, -0.05) is 206 Å². The van der Waals surface area contributed by atoms with Crippen molar-refractivity contribution >= 4 is 11.9 Å². The zero-order valence-electron chi connectivity index (χ0n) is 28.7. The summed E-state index contributed by atoms with van der Waals surface area (Å²) in [7, 11) is 0. The predicted molar refractivity (Wildman–Crippen MR) is 186 cm³/mol. The van der Waals surface area contributed by atoms with Crippen molar-refractivity contribution in [2.45, 2.75) is 225 Å². The molecule has 0 aliphatic carbocycles. The number of carbonyl (C=O) groups is 2. The van der Waals surface area contributed by atoms with Crippen LogP contribution < -0.4 is 0 Å². The molecule has 4 nitrogen and oxygen atoms in total. The summed E-state index contributed by atoms with van der Waals surface area (Å²) in [5, 5.41) is 8.64. The predicted octanol–water partition coefficient (Wildman–Crippen LogP) is 13.4. The van der Waals surface area contributed by atoms with Crippen LogP contribution in [0.1, 0.15) is 225 Å². The fourth-order valence-corrected chi connectivity index (χ4v) is 6.18. The van der Waals surface area contributed by atoms with Gasteiger partial charge >= 0.3 is 11.9 Å². The third-order valence-corrected chi connectivity index (χ3v) is 8.99. The number of rotatable bonds is 37. The molecule has 0 heterocycles. The molecule has 254 valence electrons. The molecule has 1 N–H and O–H groups in total. The summed E-state index contributed by atoms with van der Waals surface area (Å²) in [4.78, 5) is 21.7. The smallest absolute Gasteiger partial charge is 0.310 e. The first kappa shape index (κ1) is 41.7. The second-order valence-corrected chi connectivity index (χ2v) is 13.2. The highest BCUT2D eigenvalue weighted by atomic mass is 16.5. The van der Waals surface area contributed by atoms with E-state index in [2.05, 4.69) is 6.58 Å². The Bertz CT molecular complexity index is 588. The van der Waals surface area contributed by atoms with Crippen LogP contribution in [0.2, 0.25) is 0 Å². The van der Waals surface area contributed by atoms with Crippen LogP contribution >= 0.6 is 0 Å². The van der Waals surface area contributed by atoms with Crippen molar-refractivity contribution in [1.82, 2.24) is 0 Å². The summed E-state index contributed by atoms with van der Waals surface area (Å²) in [6.07, 6.45) is 46.6. The Morgan fingerprint density at radius 2 is 0.558 bits per heavy atom. The first-order chi connectivity index (χ1) is 21.2. The van der Waals surface area contributed by atoms with E-state index in [1.165, 1.54) is 192 Å². The SMILES string of the molecule is C=COC(=O)CCCCCCCCCCCCCCCCCCCCCCCCCCCCCCCCCCCC(=O)O. The fourth-order valence-electron chi connectivity index (χ4n) is 6.18. The molecule has 0 amide bonds. The fraction of sp³-hybridized carbons (Fsp3) is 0.897. The summed E-state index contributed by atoms with van der Waals surface area (Å²) < 4.78 is 4.73. The van der Waals surface area contributed by atoms with E-state index < -0.39 is 5.97 Å². The van der Waals surface area contributed by atoms with Crippen LogP contribution in [0.15, 0.2) is 12.8 Å². The van der Waals surface area contributed by atoms with Gasteiger partial charge in [-0.2, -0.15) is 0 Å². The maximum Gasteiger partial charge on any atom is 0.310 e. The lowest BCUT2D eigenvalue weighted by Gasteiger charge is -2.05. The van der Waals surface area contributed by atoms with Crippen molar-refractivity contribution in [3.8, 4) is 0 Å². The Hall–Kier alpha value is -1.32. The number of carboxylic acid groups (broad SMARTS) is 1. The van der Waals surface area contributed by atoms with Gasteiger partial charge in [0.1, 0.15) is 0 Å². The molecule has 0 spiro atoms. The maximum absolute atomic E-state index is 11.2. The number of esters is 1. The molecule has 0 aromatic rings. The first-order valence-corrected chi connectivity index (χ1v) is 19.2. The van der Waals surface area contributed by atoms with E-state index in [0.29, 0.717) is 12.8 Å². The number of hydrogen-bond donors (Lipinski definition) is 1. The summed E-state index contributed by atoms with van der Waals surface area (Å²) in [5.74, 6) is -0.802. The zero-order chi connectivity index (χ0) is 31.3. The van der Waals surface area contributed by atoms with Crippen molar-refractivity contribution in [3.63, 3.8) is 0 Å². The molecule has 0 atom stereocenters. The van der Waals surface area contributed by atoms with E-state index in [9.17, 15) is 9.59 Å². The van der Waals surface area contributed by atoms with Crippen molar-refractivity contribution in [2.75, 3.05) is 0 Å². The number of carboxylic acids is 1. The molecule has 0 saturated carbocycles. The Kier molecular flexibility index (Phi) is 35.7. The molecule has 0 aliphatic heterocycles. The molecule has 0 rings (SSSR count). The van der Waals surface area contributed by atoms with Crippen molar-refractivity contribution < 1.29 is 19.4 Å². The number of ether oxygens (including phenoxy) is 1. The van der Waals surface area contributed by atoms with Crippen LogP contribution in [-0.4, -0.2) is 17.0 Å². The van der Waals surface area contributed by atoms with E-state index >= 15 is 0 Å². The quantitative estimate of drug-likeness (QED) is 0.0434. The molecule has 0 unspecified atom stereocenters. The lowest BCUT2D eigenvalue weighted by molar-refractivity contribution is -0.138. The molecule has 0 aromatic heterocycles. The molecular formula is C39H74O4. The minimum absolute atomic E-state index is 0.149. The average Bonchev–Trinajstić information content (AvgIpc) is 2.99. The number of hydrogen-bond acceptors (Lipinski definition) is 3. The van der Waals surface area contributed by atoms with Gasteiger partial charge in [-0.25, -0.2) is 0 Å². The van der Waals surface area contributed by atoms with Crippen LogP contribution in [0.3, 0.4) is 0 Å². The maximum atomic E-state index is 11.2. The topological polar surface area (TPSA) is 63.6 Å². The Labute approximate surface area is 268 Å². The lowest BCUT2D eigenvalue weighted by atomic mass is 10.0. The van der Waals surface area contributed by atoms with Crippen LogP contribution in [0.25, 0.3) is 0 Å². The van der Waals surface area contributed by atoms with Crippen molar-refractivity contribution in [2.24, 2.45) is 0 Å². The Morgan fingerprint density at radius 1 is 0.372 bits per heavy atom. The van der Waals surface area contributed by atoms with Crippen LogP contribution in [-0.2, 0) is 14.3 Å². The second-order valence-electron chi connectivity index (χ2n) is 13.2. The monoisotopic (exact) mass is 607 g/mol. The second kappa shape index (κ2) is 36.9. The normalized spacial score (nSPS) is 11.2. The summed E-state index contributed by atoms with van der Waals surface area (Å²) in [5.41, 5.74) is 0. The summed E-state index contributed by atoms with van der Waals surface area (Å²) in [6.45, 7) is 3.41. The largest absolute Gasteiger partial charge is 0.481 e. The van der Waals surface area contributed by atoms with Gasteiger partial charge in [0, 0.05) is 12.8 Å². The lowest BCUT2D eigenvalue weighted by Crippen LogP contribution is -1.98. The van der Waals surface area contributed by atoms with E-state index in [0.717, 1.165) is 25.7 Å². The molecular weight excluding hydrogens is 532 g/mol. The molecule has 0 aliphatic rings. The van der Waals surface area contributed by atoms with E-state index in [-0.39, 0.29) is 5.97 Å². The van der Waals surface area contributed by atoms with E-state index in [4.69, 9.17) is 9.84 Å².